The number of methoxy groups -OCH3 is 1. The van der Waals surface area contributed by atoms with E-state index in [0.29, 0.717) is 34.6 Å². The molecule has 9 heteroatoms. The van der Waals surface area contributed by atoms with Crippen molar-refractivity contribution in [2.24, 2.45) is 12.8 Å². The number of rotatable bonds is 9. The molecule has 0 saturated carbocycles. The van der Waals surface area contributed by atoms with E-state index >= 15 is 0 Å². The van der Waals surface area contributed by atoms with Crippen molar-refractivity contribution in [2.75, 3.05) is 12.4 Å². The first-order chi connectivity index (χ1) is 15.9. The number of nitrogens with two attached hydrogens (primary N) is 1. The number of fused-ring (bicyclic) bond motifs is 1. The Kier molecular flexibility index (Phi) is 6.76. The maximum absolute atomic E-state index is 11.1. The lowest BCUT2D eigenvalue weighted by atomic mass is 10.1. The van der Waals surface area contributed by atoms with Gasteiger partial charge >= 0.3 is 0 Å². The molecule has 170 valence electrons. The van der Waals surface area contributed by atoms with E-state index in [0.717, 1.165) is 16.7 Å². The molecule has 0 radical (unpaired) electrons. The molecule has 4 aromatic rings. The molecule has 1 atom stereocenters. The Morgan fingerprint density at radius 3 is 2.64 bits per heavy atom. The van der Waals surface area contributed by atoms with Crippen LogP contribution in [0.2, 0.25) is 5.02 Å². The van der Waals surface area contributed by atoms with E-state index in [1.54, 1.807) is 25.4 Å². The minimum Gasteiger partial charge on any atom is -0.457 e. The summed E-state index contributed by atoms with van der Waals surface area (Å²) in [6, 6.07) is 16.7. The average molecular weight is 466 g/mol. The molecule has 0 fully saturated rings. The maximum Gasteiger partial charge on any atom is 0.217 e. The molecular weight excluding hydrogens is 442 g/mol. The maximum atomic E-state index is 11.1. The van der Waals surface area contributed by atoms with E-state index in [4.69, 9.17) is 31.8 Å². The van der Waals surface area contributed by atoms with Crippen LogP contribution in [0.1, 0.15) is 24.6 Å². The van der Waals surface area contributed by atoms with Crippen molar-refractivity contribution in [3.63, 3.8) is 0 Å². The van der Waals surface area contributed by atoms with Gasteiger partial charge in [-0.25, -0.2) is 4.98 Å². The molecule has 0 aliphatic heterocycles. The SMILES string of the molecule is COC(CCC(N)=O)c1cc(Oc2ccc3c(c2)nc(Nc2ccc(Cl)cc2)n3C)ccn1. The Labute approximate surface area is 196 Å². The number of anilines is 2. The van der Waals surface area contributed by atoms with Crippen molar-refractivity contribution in [1.82, 2.24) is 14.5 Å². The van der Waals surface area contributed by atoms with Crippen LogP contribution in [0.25, 0.3) is 11.0 Å². The summed E-state index contributed by atoms with van der Waals surface area (Å²) in [6.45, 7) is 0. The zero-order valence-corrected chi connectivity index (χ0v) is 19.0. The number of benzene rings is 2. The highest BCUT2D eigenvalue weighted by Gasteiger charge is 2.15. The summed E-state index contributed by atoms with van der Waals surface area (Å²) in [7, 11) is 3.52. The van der Waals surface area contributed by atoms with Gasteiger partial charge in [-0.2, -0.15) is 0 Å². The van der Waals surface area contributed by atoms with Crippen molar-refractivity contribution in [1.29, 1.82) is 0 Å². The Morgan fingerprint density at radius 2 is 1.91 bits per heavy atom. The molecule has 1 amide bonds. The number of halogens is 1. The molecule has 0 bridgehead atoms. The largest absolute Gasteiger partial charge is 0.457 e. The van der Waals surface area contributed by atoms with E-state index in [-0.39, 0.29) is 18.4 Å². The van der Waals surface area contributed by atoms with Crippen LogP contribution < -0.4 is 15.8 Å². The quantitative estimate of drug-likeness (QED) is 0.356. The Balaban J connectivity index is 1.53. The van der Waals surface area contributed by atoms with Gasteiger partial charge in [0.15, 0.2) is 0 Å². The summed E-state index contributed by atoms with van der Waals surface area (Å²) in [4.78, 5) is 20.2. The molecule has 2 heterocycles. The van der Waals surface area contributed by atoms with E-state index in [1.165, 1.54) is 0 Å². The summed E-state index contributed by atoms with van der Waals surface area (Å²) in [5, 5.41) is 3.98. The van der Waals surface area contributed by atoms with Gasteiger partial charge in [0.1, 0.15) is 11.5 Å². The number of primary amides is 1. The van der Waals surface area contributed by atoms with E-state index < -0.39 is 0 Å². The predicted octanol–water partition coefficient (Wildman–Crippen LogP) is 5.11. The number of pyridine rings is 1. The van der Waals surface area contributed by atoms with Crippen molar-refractivity contribution >= 4 is 40.2 Å². The second-order valence-corrected chi connectivity index (χ2v) is 7.96. The first-order valence-electron chi connectivity index (χ1n) is 10.4. The number of aromatic nitrogens is 3. The molecule has 0 aliphatic carbocycles. The smallest absolute Gasteiger partial charge is 0.217 e. The highest BCUT2D eigenvalue weighted by Crippen LogP contribution is 2.30. The number of aryl methyl sites for hydroxylation is 1. The zero-order valence-electron chi connectivity index (χ0n) is 18.3. The van der Waals surface area contributed by atoms with Crippen LogP contribution in [0.5, 0.6) is 11.5 Å². The highest BCUT2D eigenvalue weighted by molar-refractivity contribution is 6.30. The third-order valence-corrected chi connectivity index (χ3v) is 5.46. The Bertz CT molecular complexity index is 1270. The summed E-state index contributed by atoms with van der Waals surface area (Å²) in [5.74, 6) is 1.57. The van der Waals surface area contributed by atoms with Crippen molar-refractivity contribution in [2.45, 2.75) is 18.9 Å². The van der Waals surface area contributed by atoms with Crippen LogP contribution in [-0.4, -0.2) is 27.6 Å². The van der Waals surface area contributed by atoms with Crippen LogP contribution in [0.3, 0.4) is 0 Å². The third kappa shape index (κ3) is 5.42. The highest BCUT2D eigenvalue weighted by atomic mass is 35.5. The summed E-state index contributed by atoms with van der Waals surface area (Å²) in [6.07, 6.45) is 1.97. The van der Waals surface area contributed by atoms with Gasteiger partial charge in [-0.3, -0.25) is 9.78 Å². The molecule has 8 nitrogen and oxygen atoms in total. The lowest BCUT2D eigenvalue weighted by Crippen LogP contribution is -2.13. The number of hydrogen-bond acceptors (Lipinski definition) is 6. The van der Waals surface area contributed by atoms with Crippen molar-refractivity contribution < 1.29 is 14.3 Å². The van der Waals surface area contributed by atoms with E-state index in [1.807, 2.05) is 54.1 Å². The monoisotopic (exact) mass is 465 g/mol. The van der Waals surface area contributed by atoms with Crippen LogP contribution in [0, 0.1) is 0 Å². The first kappa shape index (κ1) is 22.6. The number of nitrogens with one attached hydrogen (secondary N) is 1. The van der Waals surface area contributed by atoms with Gasteiger partial charge in [-0.1, -0.05) is 11.6 Å². The molecule has 0 spiro atoms. The molecule has 2 aromatic heterocycles. The second kappa shape index (κ2) is 9.89. The summed E-state index contributed by atoms with van der Waals surface area (Å²) in [5.41, 5.74) is 8.56. The molecule has 0 aliphatic rings. The minimum absolute atomic E-state index is 0.216. The zero-order chi connectivity index (χ0) is 23.4. The third-order valence-electron chi connectivity index (χ3n) is 5.21. The average Bonchev–Trinajstić information content (AvgIpc) is 3.10. The fraction of sp³-hybridized carbons (Fsp3) is 0.208. The van der Waals surface area contributed by atoms with Gasteiger partial charge < -0.3 is 25.1 Å². The number of carbonyl (C=O) groups excluding carboxylic acids is 1. The first-order valence-corrected chi connectivity index (χ1v) is 10.7. The number of nitrogens with zero attached hydrogens (tertiary/aromatic N) is 3. The van der Waals surface area contributed by atoms with Crippen LogP contribution in [-0.2, 0) is 16.6 Å². The molecule has 33 heavy (non-hydrogen) atoms. The number of carbonyl (C=O) groups is 1. The van der Waals surface area contributed by atoms with Gasteiger partial charge in [-0.15, -0.1) is 0 Å². The fourth-order valence-corrected chi connectivity index (χ4v) is 3.61. The van der Waals surface area contributed by atoms with E-state index in [2.05, 4.69) is 10.3 Å². The molecular formula is C24H24ClN5O3. The van der Waals surface area contributed by atoms with Crippen LogP contribution in [0.15, 0.2) is 60.8 Å². The van der Waals surface area contributed by atoms with Gasteiger partial charge in [0.05, 0.1) is 22.8 Å². The molecule has 2 aromatic carbocycles. The van der Waals surface area contributed by atoms with Gasteiger partial charge in [0.2, 0.25) is 11.9 Å². The minimum atomic E-state index is -0.377. The molecule has 3 N–H and O–H groups in total. The predicted molar refractivity (Wildman–Crippen MR) is 128 cm³/mol. The fourth-order valence-electron chi connectivity index (χ4n) is 3.48. The molecule has 4 rings (SSSR count). The van der Waals surface area contributed by atoms with Crippen LogP contribution in [0.4, 0.5) is 11.6 Å². The number of hydrogen-bond donors (Lipinski definition) is 2. The Hall–Kier alpha value is -3.62. The van der Waals surface area contributed by atoms with Crippen molar-refractivity contribution in [3.8, 4) is 11.5 Å². The molecule has 1 unspecified atom stereocenters. The normalized spacial score (nSPS) is 12.0. The topological polar surface area (TPSA) is 104 Å². The van der Waals surface area contributed by atoms with Gasteiger partial charge in [-0.05, 0) is 48.9 Å². The van der Waals surface area contributed by atoms with Crippen molar-refractivity contribution in [3.05, 3.63) is 71.5 Å². The number of imidazole rings is 1. The Morgan fingerprint density at radius 1 is 1.15 bits per heavy atom. The van der Waals surface area contributed by atoms with E-state index in [9.17, 15) is 4.79 Å². The lowest BCUT2D eigenvalue weighted by molar-refractivity contribution is -0.118. The van der Waals surface area contributed by atoms with Gasteiger partial charge in [0.25, 0.3) is 0 Å². The van der Waals surface area contributed by atoms with Gasteiger partial charge in [0, 0.05) is 49.6 Å². The second-order valence-electron chi connectivity index (χ2n) is 7.52. The summed E-state index contributed by atoms with van der Waals surface area (Å²) >= 11 is 5.97. The molecule has 0 saturated heterocycles. The number of amides is 1. The summed E-state index contributed by atoms with van der Waals surface area (Å²) < 4.78 is 13.5. The number of ether oxygens (including phenoxy) is 2. The lowest BCUT2D eigenvalue weighted by Gasteiger charge is -2.15. The standard InChI is InChI=1S/C24H24ClN5O3/c1-30-21-8-7-17(13-19(21)29-24(30)28-16-5-3-15(25)4-6-16)33-18-11-12-27-20(14-18)22(32-2)9-10-23(26)31/h3-8,11-14,22H,9-10H2,1-2H3,(H2,26,31)(H,28,29). The van der Waals surface area contributed by atoms with Crippen LogP contribution >= 0.6 is 11.6 Å².